The summed E-state index contributed by atoms with van der Waals surface area (Å²) < 4.78 is 49.2. The molecule has 9 heteroatoms. The van der Waals surface area contributed by atoms with Crippen molar-refractivity contribution < 1.29 is 27.5 Å². The summed E-state index contributed by atoms with van der Waals surface area (Å²) in [4.78, 5) is 11.4. The second-order valence-electron chi connectivity index (χ2n) is 7.83. The highest BCUT2D eigenvalue weighted by atomic mass is 28.4. The standard InChI is InChI=1S/C17H29F3N2O3Si/c1-7-12-8-9-22(14(12)15(23)24)21-10-13(19)17(20,11-18)25-26(5,6)16(2,3)4/h8-9,13,21H,7,10-11H2,1-6H3,(H,23,24). The molecular weight excluding hydrogens is 365 g/mol. The fraction of sp³-hybridized carbons (Fsp3) is 0.706. The van der Waals surface area contributed by atoms with Crippen molar-refractivity contribution in [2.24, 2.45) is 0 Å². The van der Waals surface area contributed by atoms with E-state index < -0.39 is 44.6 Å². The summed E-state index contributed by atoms with van der Waals surface area (Å²) in [5, 5.41) is 8.86. The summed E-state index contributed by atoms with van der Waals surface area (Å²) in [6, 6.07) is 1.58. The fourth-order valence-corrected chi connectivity index (χ4v) is 3.55. The van der Waals surface area contributed by atoms with Crippen LogP contribution in [0.2, 0.25) is 18.1 Å². The summed E-state index contributed by atoms with van der Waals surface area (Å²) in [5.74, 6) is -4.27. The molecule has 0 radical (unpaired) electrons. The molecular formula is C17H29F3N2O3Si. The Bertz CT molecular complexity index is 631. The predicted molar refractivity (Wildman–Crippen MR) is 98.0 cm³/mol. The molecule has 0 saturated heterocycles. The SMILES string of the molecule is CCc1ccn(NCC(F)C(F)(CF)O[Si](C)(C)C(C)(C)C)c1C(=O)O. The van der Waals surface area contributed by atoms with E-state index in [-0.39, 0.29) is 5.69 Å². The summed E-state index contributed by atoms with van der Waals surface area (Å²) in [6.07, 6.45) is -0.420. The molecule has 0 aromatic carbocycles. The van der Waals surface area contributed by atoms with E-state index in [4.69, 9.17) is 4.43 Å². The molecule has 0 saturated carbocycles. The van der Waals surface area contributed by atoms with Gasteiger partial charge in [-0.3, -0.25) is 4.68 Å². The molecule has 2 unspecified atom stereocenters. The van der Waals surface area contributed by atoms with Gasteiger partial charge in [-0.15, -0.1) is 0 Å². The normalized spacial score (nSPS) is 16.2. The van der Waals surface area contributed by atoms with Gasteiger partial charge in [-0.2, -0.15) is 0 Å². The molecule has 2 atom stereocenters. The predicted octanol–water partition coefficient (Wildman–Crippen LogP) is 4.29. The minimum absolute atomic E-state index is 0.0604. The Hall–Kier alpha value is -1.48. The second kappa shape index (κ2) is 8.04. The van der Waals surface area contributed by atoms with Crippen molar-refractivity contribution in [3.8, 4) is 0 Å². The van der Waals surface area contributed by atoms with E-state index in [1.165, 1.54) is 6.20 Å². The zero-order valence-corrected chi connectivity index (χ0v) is 17.2. The van der Waals surface area contributed by atoms with Crippen molar-refractivity contribution in [1.82, 2.24) is 4.68 Å². The van der Waals surface area contributed by atoms with Crippen molar-refractivity contribution in [2.45, 2.75) is 64.3 Å². The van der Waals surface area contributed by atoms with E-state index in [2.05, 4.69) is 5.43 Å². The molecule has 0 bridgehead atoms. The van der Waals surface area contributed by atoms with Gasteiger partial charge in [0.25, 0.3) is 5.85 Å². The Balaban J connectivity index is 2.93. The van der Waals surface area contributed by atoms with Gasteiger partial charge in [0.05, 0.1) is 6.54 Å². The number of carboxylic acids is 1. The number of nitrogens with one attached hydrogen (secondary N) is 1. The number of aromatic nitrogens is 1. The molecule has 1 aromatic rings. The Morgan fingerprint density at radius 2 is 2.00 bits per heavy atom. The Morgan fingerprint density at radius 3 is 2.42 bits per heavy atom. The van der Waals surface area contributed by atoms with Gasteiger partial charge in [0.15, 0.2) is 21.2 Å². The van der Waals surface area contributed by atoms with Gasteiger partial charge in [0.2, 0.25) is 0 Å². The smallest absolute Gasteiger partial charge is 0.354 e. The Labute approximate surface area is 153 Å². The van der Waals surface area contributed by atoms with Crippen LogP contribution in [-0.4, -0.2) is 49.3 Å². The summed E-state index contributed by atoms with van der Waals surface area (Å²) in [7, 11) is -2.75. The van der Waals surface area contributed by atoms with E-state index in [1.54, 1.807) is 26.1 Å². The number of carboxylic acid groups (broad SMARTS) is 1. The molecule has 1 heterocycles. The van der Waals surface area contributed by atoms with Crippen LogP contribution >= 0.6 is 0 Å². The first-order chi connectivity index (χ1) is 11.8. The number of aryl methyl sites for hydroxylation is 1. The number of halogens is 3. The van der Waals surface area contributed by atoms with Crippen LogP contribution in [0.1, 0.15) is 43.7 Å². The monoisotopic (exact) mass is 394 g/mol. The lowest BCUT2D eigenvalue weighted by Gasteiger charge is -2.41. The van der Waals surface area contributed by atoms with Crippen LogP contribution in [0.5, 0.6) is 0 Å². The number of nitrogens with zero attached hydrogens (tertiary/aromatic N) is 1. The molecule has 5 nitrogen and oxygen atoms in total. The number of alkyl halides is 3. The van der Waals surface area contributed by atoms with Crippen LogP contribution in [0.15, 0.2) is 12.3 Å². The number of aromatic carboxylic acids is 1. The average molecular weight is 395 g/mol. The molecule has 2 N–H and O–H groups in total. The molecule has 150 valence electrons. The van der Waals surface area contributed by atoms with Gasteiger partial charge < -0.3 is 15.0 Å². The third-order valence-electron chi connectivity index (χ3n) is 4.88. The zero-order chi connectivity index (χ0) is 20.3. The summed E-state index contributed by atoms with van der Waals surface area (Å²) in [5.41, 5.74) is 2.99. The molecule has 0 amide bonds. The molecule has 26 heavy (non-hydrogen) atoms. The highest BCUT2D eigenvalue weighted by Gasteiger charge is 2.50. The van der Waals surface area contributed by atoms with Gasteiger partial charge in [0, 0.05) is 6.20 Å². The number of hydrogen-bond donors (Lipinski definition) is 2. The van der Waals surface area contributed by atoms with Crippen LogP contribution in [0.25, 0.3) is 0 Å². The van der Waals surface area contributed by atoms with E-state index in [1.807, 2.05) is 20.8 Å². The maximum absolute atomic E-state index is 14.9. The van der Waals surface area contributed by atoms with Crippen LogP contribution in [0, 0.1) is 0 Å². The van der Waals surface area contributed by atoms with Crippen molar-refractivity contribution >= 4 is 14.3 Å². The van der Waals surface area contributed by atoms with Crippen LogP contribution in [0.3, 0.4) is 0 Å². The highest BCUT2D eigenvalue weighted by molar-refractivity contribution is 6.74. The van der Waals surface area contributed by atoms with Crippen LogP contribution < -0.4 is 5.43 Å². The molecule has 1 aromatic heterocycles. The highest BCUT2D eigenvalue weighted by Crippen LogP contribution is 2.41. The first-order valence-corrected chi connectivity index (χ1v) is 11.5. The lowest BCUT2D eigenvalue weighted by molar-refractivity contribution is -0.139. The van der Waals surface area contributed by atoms with Crippen molar-refractivity contribution in [2.75, 3.05) is 18.6 Å². The summed E-state index contributed by atoms with van der Waals surface area (Å²) in [6.45, 7) is 8.47. The lowest BCUT2D eigenvalue weighted by atomic mass is 10.2. The Morgan fingerprint density at radius 1 is 1.42 bits per heavy atom. The van der Waals surface area contributed by atoms with Gasteiger partial charge in [-0.1, -0.05) is 27.7 Å². The van der Waals surface area contributed by atoms with E-state index in [0.29, 0.717) is 12.0 Å². The quantitative estimate of drug-likeness (QED) is 0.614. The van der Waals surface area contributed by atoms with Crippen molar-refractivity contribution in [3.05, 3.63) is 23.5 Å². The molecule has 0 aliphatic rings. The van der Waals surface area contributed by atoms with Crippen LogP contribution in [0.4, 0.5) is 13.2 Å². The topological polar surface area (TPSA) is 63.5 Å². The van der Waals surface area contributed by atoms with Gasteiger partial charge in [-0.05, 0) is 36.2 Å². The van der Waals surface area contributed by atoms with Crippen LogP contribution in [-0.2, 0) is 10.8 Å². The molecule has 0 fully saturated rings. The zero-order valence-electron chi connectivity index (χ0n) is 16.2. The first kappa shape index (κ1) is 22.6. The van der Waals surface area contributed by atoms with Crippen molar-refractivity contribution in [1.29, 1.82) is 0 Å². The second-order valence-corrected chi connectivity index (χ2v) is 12.6. The molecule has 1 rings (SSSR count). The van der Waals surface area contributed by atoms with E-state index in [0.717, 1.165) is 4.68 Å². The fourth-order valence-electron chi connectivity index (χ4n) is 2.21. The maximum atomic E-state index is 14.9. The van der Waals surface area contributed by atoms with Crippen molar-refractivity contribution in [3.63, 3.8) is 0 Å². The minimum Gasteiger partial charge on any atom is -0.477 e. The summed E-state index contributed by atoms with van der Waals surface area (Å²) >= 11 is 0. The number of hydrogen-bond acceptors (Lipinski definition) is 3. The number of rotatable bonds is 9. The molecule has 0 aliphatic carbocycles. The Kier molecular flexibility index (Phi) is 6.97. The average Bonchev–Trinajstić information content (AvgIpc) is 2.94. The third kappa shape index (κ3) is 4.82. The molecule has 0 aliphatic heterocycles. The molecule has 0 spiro atoms. The largest absolute Gasteiger partial charge is 0.477 e. The first-order valence-electron chi connectivity index (χ1n) is 8.55. The van der Waals surface area contributed by atoms with Gasteiger partial charge in [-0.25, -0.2) is 18.0 Å². The lowest BCUT2D eigenvalue weighted by Crippen LogP contribution is -2.54. The number of carbonyl (C=O) groups is 1. The van der Waals surface area contributed by atoms with Gasteiger partial charge in [0.1, 0.15) is 5.69 Å². The maximum Gasteiger partial charge on any atom is 0.354 e. The minimum atomic E-state index is -3.08. The van der Waals surface area contributed by atoms with E-state index >= 15 is 0 Å². The third-order valence-corrected chi connectivity index (χ3v) is 9.34. The van der Waals surface area contributed by atoms with E-state index in [9.17, 15) is 23.1 Å². The van der Waals surface area contributed by atoms with Gasteiger partial charge >= 0.3 is 5.97 Å².